The van der Waals surface area contributed by atoms with Gasteiger partial charge in [-0.1, -0.05) is 29.3 Å². The van der Waals surface area contributed by atoms with Crippen LogP contribution in [0.1, 0.15) is 23.3 Å². The fraction of sp³-hybridized carbons (Fsp3) is 0.250. The molecule has 3 heterocycles. The quantitative estimate of drug-likeness (QED) is 0.544. The average molecular weight is 434 g/mol. The molecule has 0 bridgehead atoms. The van der Waals surface area contributed by atoms with E-state index in [-0.39, 0.29) is 12.0 Å². The topological polar surface area (TPSA) is 55.3 Å². The Morgan fingerprint density at radius 1 is 1.29 bits per heavy atom. The van der Waals surface area contributed by atoms with E-state index in [2.05, 4.69) is 9.97 Å². The van der Waals surface area contributed by atoms with Gasteiger partial charge in [0.15, 0.2) is 5.13 Å². The van der Waals surface area contributed by atoms with Crippen molar-refractivity contribution in [2.75, 3.05) is 18.1 Å². The maximum absolute atomic E-state index is 13.1. The maximum atomic E-state index is 13.1. The molecule has 144 valence electrons. The Labute approximate surface area is 176 Å². The molecular weight excluding hydrogens is 417 g/mol. The smallest absolute Gasteiger partial charge is 0.278 e. The van der Waals surface area contributed by atoms with Crippen LogP contribution in [0.2, 0.25) is 10.0 Å². The van der Waals surface area contributed by atoms with E-state index in [9.17, 15) is 4.79 Å². The van der Waals surface area contributed by atoms with E-state index in [1.165, 1.54) is 11.3 Å². The van der Waals surface area contributed by atoms with Crippen molar-refractivity contribution >= 4 is 45.6 Å². The van der Waals surface area contributed by atoms with Crippen LogP contribution >= 0.6 is 34.5 Å². The zero-order valence-corrected chi connectivity index (χ0v) is 17.2. The molecule has 1 aliphatic rings. The number of hydrogen-bond acceptors (Lipinski definition) is 5. The van der Waals surface area contributed by atoms with E-state index < -0.39 is 0 Å². The van der Waals surface area contributed by atoms with Gasteiger partial charge in [-0.3, -0.25) is 14.7 Å². The number of anilines is 1. The Hall–Kier alpha value is -1.99. The highest BCUT2D eigenvalue weighted by Gasteiger charge is 2.27. The van der Waals surface area contributed by atoms with Crippen LogP contribution < -0.4 is 4.90 Å². The fourth-order valence-corrected chi connectivity index (χ4v) is 4.41. The third-order valence-corrected chi connectivity index (χ3v) is 5.88. The Kier molecular flexibility index (Phi) is 5.92. The summed E-state index contributed by atoms with van der Waals surface area (Å²) in [6.45, 7) is 1.16. The minimum atomic E-state index is -0.195. The number of carbonyl (C=O) groups is 1. The lowest BCUT2D eigenvalue weighted by molar-refractivity contribution is 0.0913. The van der Waals surface area contributed by atoms with Gasteiger partial charge in [-0.2, -0.15) is 0 Å². The maximum Gasteiger partial charge on any atom is 0.278 e. The van der Waals surface area contributed by atoms with Gasteiger partial charge < -0.3 is 4.74 Å². The molecule has 0 aliphatic carbocycles. The molecule has 1 aromatic carbocycles. The molecule has 28 heavy (non-hydrogen) atoms. The molecule has 0 N–H and O–H groups in total. The normalized spacial score (nSPS) is 16.3. The number of aromatic nitrogens is 2. The monoisotopic (exact) mass is 433 g/mol. The van der Waals surface area contributed by atoms with Crippen molar-refractivity contribution in [3.8, 4) is 11.3 Å². The van der Waals surface area contributed by atoms with Crippen LogP contribution in [0.25, 0.3) is 11.3 Å². The number of benzene rings is 1. The minimum Gasteiger partial charge on any atom is -0.376 e. The molecule has 1 amide bonds. The highest BCUT2D eigenvalue weighted by molar-refractivity contribution is 7.14. The van der Waals surface area contributed by atoms with Gasteiger partial charge in [-0.25, -0.2) is 4.98 Å². The van der Waals surface area contributed by atoms with E-state index in [0.717, 1.165) is 25.0 Å². The van der Waals surface area contributed by atoms with Crippen molar-refractivity contribution in [1.29, 1.82) is 0 Å². The minimum absolute atomic E-state index is 0.000804. The van der Waals surface area contributed by atoms with Crippen LogP contribution in [-0.4, -0.2) is 35.1 Å². The standard InChI is InChI=1S/C20H17Cl2N3O2S/c21-13-6-7-15(16(22)10-13)18-12-28-20(24-18)25(11-14-4-3-9-27-14)19(26)17-5-1-2-8-23-17/h1-2,5-8,10,12,14H,3-4,9,11H2/t14-/m1/s1. The number of halogens is 2. The Bertz CT molecular complexity index is 975. The van der Waals surface area contributed by atoms with Crippen molar-refractivity contribution < 1.29 is 9.53 Å². The van der Waals surface area contributed by atoms with Gasteiger partial charge in [0.2, 0.25) is 0 Å². The average Bonchev–Trinajstić information content (AvgIpc) is 3.38. The van der Waals surface area contributed by atoms with Gasteiger partial charge in [-0.15, -0.1) is 11.3 Å². The molecule has 3 aromatic rings. The summed E-state index contributed by atoms with van der Waals surface area (Å²) < 4.78 is 5.74. The lowest BCUT2D eigenvalue weighted by atomic mass is 10.2. The largest absolute Gasteiger partial charge is 0.376 e. The highest BCUT2D eigenvalue weighted by Crippen LogP contribution is 2.34. The number of pyridine rings is 1. The van der Waals surface area contributed by atoms with Crippen LogP contribution in [0.3, 0.4) is 0 Å². The SMILES string of the molecule is O=C(c1ccccn1)N(C[C@H]1CCCO1)c1nc(-c2ccc(Cl)cc2Cl)cs1. The molecule has 0 spiro atoms. The summed E-state index contributed by atoms with van der Waals surface area (Å²) in [5, 5.41) is 3.56. The zero-order valence-electron chi connectivity index (χ0n) is 14.8. The summed E-state index contributed by atoms with van der Waals surface area (Å²) in [4.78, 5) is 23.6. The first-order valence-electron chi connectivity index (χ1n) is 8.87. The second kappa shape index (κ2) is 8.57. The number of ether oxygens (including phenoxy) is 1. The lowest BCUT2D eigenvalue weighted by Crippen LogP contribution is -2.37. The third kappa shape index (κ3) is 4.20. The molecule has 4 rings (SSSR count). The summed E-state index contributed by atoms with van der Waals surface area (Å²) in [7, 11) is 0. The molecule has 1 aliphatic heterocycles. The summed E-state index contributed by atoms with van der Waals surface area (Å²) in [6, 6.07) is 10.6. The molecule has 1 saturated heterocycles. The molecule has 5 nitrogen and oxygen atoms in total. The highest BCUT2D eigenvalue weighted by atomic mass is 35.5. The number of nitrogens with zero attached hydrogens (tertiary/aromatic N) is 3. The predicted octanol–water partition coefficient (Wildman–Crippen LogP) is 5.34. The van der Waals surface area contributed by atoms with Crippen LogP contribution in [0.15, 0.2) is 48.0 Å². The van der Waals surface area contributed by atoms with Gasteiger partial charge in [0.05, 0.1) is 23.4 Å². The van der Waals surface area contributed by atoms with Crippen LogP contribution in [-0.2, 0) is 4.74 Å². The second-order valence-corrected chi connectivity index (χ2v) is 8.09. The molecular formula is C20H17Cl2N3O2S. The van der Waals surface area contributed by atoms with Crippen LogP contribution in [0.4, 0.5) is 5.13 Å². The van der Waals surface area contributed by atoms with Crippen LogP contribution in [0.5, 0.6) is 0 Å². The van der Waals surface area contributed by atoms with E-state index >= 15 is 0 Å². The van der Waals surface area contributed by atoms with Gasteiger partial charge in [0.25, 0.3) is 5.91 Å². The van der Waals surface area contributed by atoms with Crippen molar-refractivity contribution in [2.24, 2.45) is 0 Å². The molecule has 0 unspecified atom stereocenters. The number of carbonyl (C=O) groups excluding carboxylic acids is 1. The first-order chi connectivity index (χ1) is 13.6. The number of rotatable bonds is 5. The lowest BCUT2D eigenvalue weighted by Gasteiger charge is -2.22. The fourth-order valence-electron chi connectivity index (χ4n) is 3.08. The summed E-state index contributed by atoms with van der Waals surface area (Å²) in [5.41, 5.74) is 1.85. The third-order valence-electron chi connectivity index (χ3n) is 4.47. The van der Waals surface area contributed by atoms with E-state index in [1.807, 2.05) is 11.4 Å². The summed E-state index contributed by atoms with van der Waals surface area (Å²) >= 11 is 13.7. The van der Waals surface area contributed by atoms with E-state index in [0.29, 0.717) is 33.1 Å². The van der Waals surface area contributed by atoms with Gasteiger partial charge >= 0.3 is 0 Å². The van der Waals surface area contributed by atoms with Crippen molar-refractivity contribution in [1.82, 2.24) is 9.97 Å². The Morgan fingerprint density at radius 2 is 2.18 bits per heavy atom. The second-order valence-electron chi connectivity index (χ2n) is 6.41. The predicted molar refractivity (Wildman–Crippen MR) is 112 cm³/mol. The number of hydrogen-bond donors (Lipinski definition) is 0. The molecule has 8 heteroatoms. The van der Waals surface area contributed by atoms with Crippen molar-refractivity contribution in [3.63, 3.8) is 0 Å². The number of amides is 1. The summed E-state index contributed by atoms with van der Waals surface area (Å²) in [5.74, 6) is -0.195. The first-order valence-corrected chi connectivity index (χ1v) is 10.5. The van der Waals surface area contributed by atoms with Gasteiger partial charge in [0, 0.05) is 28.8 Å². The molecule has 0 saturated carbocycles. The Morgan fingerprint density at radius 3 is 2.89 bits per heavy atom. The summed E-state index contributed by atoms with van der Waals surface area (Å²) in [6.07, 6.45) is 3.53. The molecule has 1 fully saturated rings. The van der Waals surface area contributed by atoms with Gasteiger partial charge in [-0.05, 0) is 43.2 Å². The first kappa shape index (κ1) is 19.3. The molecule has 2 aromatic heterocycles. The van der Waals surface area contributed by atoms with E-state index in [1.54, 1.807) is 41.4 Å². The Balaban J connectivity index is 1.66. The van der Waals surface area contributed by atoms with Crippen molar-refractivity contribution in [2.45, 2.75) is 18.9 Å². The molecule has 0 radical (unpaired) electrons. The zero-order chi connectivity index (χ0) is 19.5. The molecule has 1 atom stereocenters. The van der Waals surface area contributed by atoms with Gasteiger partial charge in [0.1, 0.15) is 5.69 Å². The van der Waals surface area contributed by atoms with Crippen molar-refractivity contribution in [3.05, 3.63) is 63.7 Å². The number of thiazole rings is 1. The van der Waals surface area contributed by atoms with E-state index in [4.69, 9.17) is 27.9 Å². The van der Waals surface area contributed by atoms with Crippen LogP contribution in [0, 0.1) is 0 Å².